The van der Waals surface area contributed by atoms with Gasteiger partial charge in [0.1, 0.15) is 12.6 Å². The zero-order valence-corrected chi connectivity index (χ0v) is 21.0. The fourth-order valence-electron chi connectivity index (χ4n) is 3.67. The molecule has 0 spiro atoms. The van der Waals surface area contributed by atoms with Crippen LogP contribution in [-0.2, 0) is 27.3 Å². The fraction of sp³-hybridized carbons (Fsp3) is 0.481. The van der Waals surface area contributed by atoms with E-state index in [2.05, 4.69) is 5.32 Å². The molecule has 35 heavy (non-hydrogen) atoms. The van der Waals surface area contributed by atoms with Crippen LogP contribution in [0, 0.1) is 11.8 Å². The molecule has 0 saturated carbocycles. The Morgan fingerprint density at radius 2 is 1.71 bits per heavy atom. The highest BCUT2D eigenvalue weighted by Gasteiger charge is 2.27. The lowest BCUT2D eigenvalue weighted by molar-refractivity contribution is -0.140. The number of amides is 1. The third-order valence-corrected chi connectivity index (χ3v) is 5.76. The summed E-state index contributed by atoms with van der Waals surface area (Å²) >= 11 is 0. The van der Waals surface area contributed by atoms with Crippen molar-refractivity contribution < 1.29 is 33.6 Å². The second-order valence-electron chi connectivity index (χ2n) is 8.72. The summed E-state index contributed by atoms with van der Waals surface area (Å²) < 4.78 is 21.6. The number of carbonyl (C=O) groups excluding carboxylic acids is 1. The molecule has 0 saturated heterocycles. The summed E-state index contributed by atoms with van der Waals surface area (Å²) in [5, 5.41) is 12.3. The maximum atomic E-state index is 12.3. The third kappa shape index (κ3) is 9.86. The van der Waals surface area contributed by atoms with Gasteiger partial charge in [0.2, 0.25) is 0 Å². The Bertz CT molecular complexity index is 917. The maximum Gasteiger partial charge on any atom is 0.408 e. The number of methoxy groups -OCH3 is 2. The van der Waals surface area contributed by atoms with E-state index in [9.17, 15) is 14.7 Å². The molecule has 2 aromatic rings. The number of hydrogen-bond donors (Lipinski definition) is 2. The molecule has 2 N–H and O–H groups in total. The summed E-state index contributed by atoms with van der Waals surface area (Å²) in [7, 11) is 3.24. The molecule has 8 nitrogen and oxygen atoms in total. The molecule has 0 aliphatic heterocycles. The van der Waals surface area contributed by atoms with E-state index in [1.165, 1.54) is 0 Å². The van der Waals surface area contributed by atoms with Crippen molar-refractivity contribution in [3.05, 3.63) is 59.7 Å². The highest BCUT2D eigenvalue weighted by Crippen LogP contribution is 2.31. The second-order valence-corrected chi connectivity index (χ2v) is 8.72. The smallest absolute Gasteiger partial charge is 0.408 e. The van der Waals surface area contributed by atoms with Gasteiger partial charge in [-0.1, -0.05) is 50.2 Å². The summed E-state index contributed by atoms with van der Waals surface area (Å²) in [5.74, 6) is 0.371. The van der Waals surface area contributed by atoms with Crippen LogP contribution in [0.2, 0.25) is 0 Å². The minimum atomic E-state index is -1.09. The lowest BCUT2D eigenvalue weighted by Crippen LogP contribution is -2.43. The van der Waals surface area contributed by atoms with Crippen molar-refractivity contribution in [2.45, 2.75) is 45.8 Å². The van der Waals surface area contributed by atoms with Crippen molar-refractivity contribution in [2.75, 3.05) is 27.4 Å². The molecule has 0 aromatic heterocycles. The number of benzene rings is 2. The quantitative estimate of drug-likeness (QED) is 0.351. The number of carboxylic acid groups (broad SMARTS) is 1. The molecule has 0 radical (unpaired) electrons. The number of alkyl carbamates (subject to hydrolysis) is 1. The first-order valence-electron chi connectivity index (χ1n) is 11.8. The molecular weight excluding hydrogens is 450 g/mol. The normalized spacial score (nSPS) is 12.6. The monoisotopic (exact) mass is 487 g/mol. The van der Waals surface area contributed by atoms with Crippen LogP contribution in [0.1, 0.15) is 37.8 Å². The summed E-state index contributed by atoms with van der Waals surface area (Å²) in [4.78, 5) is 24.2. The highest BCUT2D eigenvalue weighted by atomic mass is 16.5. The van der Waals surface area contributed by atoms with Gasteiger partial charge < -0.3 is 29.4 Å². The molecule has 0 heterocycles. The number of aliphatic carboxylic acids is 1. The van der Waals surface area contributed by atoms with Gasteiger partial charge in [-0.3, -0.25) is 0 Å². The molecule has 2 rings (SSSR count). The number of rotatable bonds is 15. The Labute approximate surface area is 207 Å². The SMILES string of the molecule is COCCCOc1cc(C[C@H](C[C@@H](NC(=O)OCc2ccccc2)C(=O)O)C(C)C)ccc1OC. The number of ether oxygens (including phenoxy) is 4. The number of nitrogens with one attached hydrogen (secondary N) is 1. The van der Waals surface area contributed by atoms with Gasteiger partial charge in [-0.15, -0.1) is 0 Å². The van der Waals surface area contributed by atoms with E-state index in [0.29, 0.717) is 31.1 Å². The molecule has 8 heteroatoms. The molecule has 0 bridgehead atoms. The van der Waals surface area contributed by atoms with E-state index in [0.717, 1.165) is 17.5 Å². The highest BCUT2D eigenvalue weighted by molar-refractivity contribution is 5.79. The average Bonchev–Trinajstić information content (AvgIpc) is 2.85. The minimum absolute atomic E-state index is 0.000240. The fourth-order valence-corrected chi connectivity index (χ4v) is 3.67. The zero-order valence-electron chi connectivity index (χ0n) is 21.0. The molecule has 0 fully saturated rings. The van der Waals surface area contributed by atoms with Crippen LogP contribution in [-0.4, -0.2) is 50.6 Å². The van der Waals surface area contributed by atoms with E-state index in [-0.39, 0.29) is 24.9 Å². The van der Waals surface area contributed by atoms with E-state index < -0.39 is 18.1 Å². The Hall–Kier alpha value is -3.26. The van der Waals surface area contributed by atoms with Gasteiger partial charge in [-0.2, -0.15) is 0 Å². The maximum absolute atomic E-state index is 12.3. The summed E-state index contributed by atoms with van der Waals surface area (Å²) in [6.07, 6.45) is 0.898. The van der Waals surface area contributed by atoms with Crippen LogP contribution < -0.4 is 14.8 Å². The number of carbonyl (C=O) groups is 2. The lowest BCUT2D eigenvalue weighted by Gasteiger charge is -2.25. The minimum Gasteiger partial charge on any atom is -0.493 e. The molecular formula is C27H37NO7. The van der Waals surface area contributed by atoms with Gasteiger partial charge in [0.25, 0.3) is 0 Å². The number of carboxylic acids is 1. The third-order valence-electron chi connectivity index (χ3n) is 5.76. The average molecular weight is 488 g/mol. The summed E-state index contributed by atoms with van der Waals surface area (Å²) in [5.41, 5.74) is 1.83. The van der Waals surface area contributed by atoms with Gasteiger partial charge in [0.05, 0.1) is 13.7 Å². The van der Waals surface area contributed by atoms with Crippen LogP contribution in [0.4, 0.5) is 4.79 Å². The molecule has 0 unspecified atom stereocenters. The largest absolute Gasteiger partial charge is 0.493 e. The summed E-state index contributed by atoms with van der Waals surface area (Å²) in [6.45, 7) is 5.27. The van der Waals surface area contributed by atoms with Gasteiger partial charge >= 0.3 is 12.1 Å². The van der Waals surface area contributed by atoms with Crippen molar-refractivity contribution in [2.24, 2.45) is 11.8 Å². The first-order valence-corrected chi connectivity index (χ1v) is 11.8. The van der Waals surface area contributed by atoms with Crippen molar-refractivity contribution in [3.63, 3.8) is 0 Å². The molecule has 1 amide bonds. The molecule has 0 aliphatic carbocycles. The first-order chi connectivity index (χ1) is 16.8. The molecule has 2 aromatic carbocycles. The second kappa shape index (κ2) is 14.9. The Kier molecular flexibility index (Phi) is 11.9. The molecule has 0 aliphatic rings. The van der Waals surface area contributed by atoms with Crippen molar-refractivity contribution in [1.82, 2.24) is 5.32 Å². The predicted molar refractivity (Wildman–Crippen MR) is 133 cm³/mol. The van der Waals surface area contributed by atoms with Gasteiger partial charge in [-0.25, -0.2) is 9.59 Å². The van der Waals surface area contributed by atoms with Crippen molar-refractivity contribution >= 4 is 12.1 Å². The van der Waals surface area contributed by atoms with Crippen LogP contribution in [0.3, 0.4) is 0 Å². The Balaban J connectivity index is 2.02. The van der Waals surface area contributed by atoms with Gasteiger partial charge in [-0.05, 0) is 47.9 Å². The molecule has 192 valence electrons. The van der Waals surface area contributed by atoms with E-state index >= 15 is 0 Å². The van der Waals surface area contributed by atoms with E-state index in [1.54, 1.807) is 14.2 Å². The zero-order chi connectivity index (χ0) is 25.6. The summed E-state index contributed by atoms with van der Waals surface area (Å²) in [6, 6.07) is 13.9. The standard InChI is InChI=1S/C27H37NO7/c1-19(2)22(15-21-11-12-24(33-4)25(16-21)34-14-8-13-32-3)17-23(26(29)30)28-27(31)35-18-20-9-6-5-7-10-20/h5-7,9-12,16,19,22-23H,8,13-15,17-18H2,1-4H3,(H,28,31)(H,29,30)/t22-,23-/m1/s1. The molecule has 2 atom stereocenters. The first kappa shape index (κ1) is 28.0. The van der Waals surface area contributed by atoms with Gasteiger partial charge in [0, 0.05) is 20.1 Å². The van der Waals surface area contributed by atoms with Crippen LogP contribution in [0.15, 0.2) is 48.5 Å². The van der Waals surface area contributed by atoms with Crippen LogP contribution in [0.25, 0.3) is 0 Å². The van der Waals surface area contributed by atoms with Crippen molar-refractivity contribution in [1.29, 1.82) is 0 Å². The van der Waals surface area contributed by atoms with Crippen molar-refractivity contribution in [3.8, 4) is 11.5 Å². The van der Waals surface area contributed by atoms with Gasteiger partial charge in [0.15, 0.2) is 11.5 Å². The predicted octanol–water partition coefficient (Wildman–Crippen LogP) is 4.69. The Morgan fingerprint density at radius 1 is 0.971 bits per heavy atom. The topological polar surface area (TPSA) is 103 Å². The van der Waals surface area contributed by atoms with Crippen LogP contribution >= 0.6 is 0 Å². The lowest BCUT2D eigenvalue weighted by atomic mass is 9.84. The number of hydrogen-bond acceptors (Lipinski definition) is 6. The Morgan fingerprint density at radius 3 is 2.34 bits per heavy atom. The van der Waals surface area contributed by atoms with Crippen LogP contribution in [0.5, 0.6) is 11.5 Å². The van der Waals surface area contributed by atoms with E-state index in [1.807, 2.05) is 62.4 Å². The van der Waals surface area contributed by atoms with E-state index in [4.69, 9.17) is 18.9 Å².